The Morgan fingerprint density at radius 3 is 2.59 bits per heavy atom. The van der Waals surface area contributed by atoms with Gasteiger partial charge >= 0.3 is 0 Å². The van der Waals surface area contributed by atoms with Crippen LogP contribution in [0.5, 0.6) is 0 Å². The predicted octanol–water partition coefficient (Wildman–Crippen LogP) is 4.33. The van der Waals surface area contributed by atoms with Crippen LogP contribution in [0.2, 0.25) is 0 Å². The van der Waals surface area contributed by atoms with Crippen molar-refractivity contribution in [2.75, 3.05) is 11.1 Å². The lowest BCUT2D eigenvalue weighted by molar-refractivity contribution is -0.113. The third kappa shape index (κ3) is 5.81. The van der Waals surface area contributed by atoms with Gasteiger partial charge < -0.3 is 15.1 Å². The lowest BCUT2D eigenvalue weighted by Gasteiger charge is -2.10. The molecule has 2 amide bonds. The molecule has 0 saturated carbocycles. The fourth-order valence-corrected chi connectivity index (χ4v) is 3.96. The van der Waals surface area contributed by atoms with E-state index in [0.29, 0.717) is 34.3 Å². The number of anilines is 1. The van der Waals surface area contributed by atoms with Crippen molar-refractivity contribution in [3.05, 3.63) is 96.2 Å². The fraction of sp³-hybridized carbons (Fsp3) is 0.120. The van der Waals surface area contributed by atoms with Gasteiger partial charge in [0.25, 0.3) is 5.91 Å². The SMILES string of the molecule is CC(=O)c1ccc(NC(=O)CSc2nccn2-c2cccc(C(=O)NCc3ccco3)c2)cc1. The fourth-order valence-electron chi connectivity index (χ4n) is 3.19. The number of hydrogen-bond donors (Lipinski definition) is 2. The Hall–Kier alpha value is -4.11. The van der Waals surface area contributed by atoms with Gasteiger partial charge in [0.15, 0.2) is 10.9 Å². The van der Waals surface area contributed by atoms with Crippen molar-refractivity contribution >= 4 is 35.0 Å². The number of ketones is 1. The van der Waals surface area contributed by atoms with Crippen LogP contribution in [0.3, 0.4) is 0 Å². The van der Waals surface area contributed by atoms with E-state index in [4.69, 9.17) is 4.42 Å². The van der Waals surface area contributed by atoms with Crippen LogP contribution in [0, 0.1) is 0 Å². The van der Waals surface area contributed by atoms with Crippen LogP contribution >= 0.6 is 11.8 Å². The second-order valence-electron chi connectivity index (χ2n) is 7.36. The third-order valence-electron chi connectivity index (χ3n) is 4.90. The van der Waals surface area contributed by atoms with Gasteiger partial charge in [-0.25, -0.2) is 4.98 Å². The van der Waals surface area contributed by atoms with E-state index in [1.807, 2.05) is 10.6 Å². The number of hydrogen-bond acceptors (Lipinski definition) is 6. The standard InChI is InChI=1S/C25H22N4O4S/c1-17(30)18-7-9-20(10-8-18)28-23(31)16-34-25-26-11-12-29(25)21-5-2-4-19(14-21)24(32)27-15-22-6-3-13-33-22/h2-14H,15-16H2,1H3,(H,27,32)(H,28,31). The third-order valence-corrected chi connectivity index (χ3v) is 5.87. The molecule has 4 rings (SSSR count). The van der Waals surface area contributed by atoms with E-state index in [0.717, 1.165) is 5.69 Å². The molecule has 2 aromatic carbocycles. The van der Waals surface area contributed by atoms with Crippen LogP contribution < -0.4 is 10.6 Å². The maximum atomic E-state index is 12.5. The van der Waals surface area contributed by atoms with Crippen LogP contribution in [-0.4, -0.2) is 32.9 Å². The average Bonchev–Trinajstić information content (AvgIpc) is 3.54. The first-order chi connectivity index (χ1) is 16.5. The summed E-state index contributed by atoms with van der Waals surface area (Å²) in [5, 5.41) is 6.26. The normalized spacial score (nSPS) is 10.6. The Morgan fingerprint density at radius 2 is 1.85 bits per heavy atom. The maximum absolute atomic E-state index is 12.5. The van der Waals surface area contributed by atoms with E-state index in [1.54, 1.807) is 73.3 Å². The number of imidazole rings is 1. The molecule has 0 radical (unpaired) electrons. The highest BCUT2D eigenvalue weighted by molar-refractivity contribution is 7.99. The summed E-state index contributed by atoms with van der Waals surface area (Å²) in [5.41, 5.74) is 2.46. The molecule has 2 aromatic heterocycles. The molecular formula is C25H22N4O4S. The largest absolute Gasteiger partial charge is 0.467 e. The quantitative estimate of drug-likeness (QED) is 0.276. The first kappa shape index (κ1) is 23.1. The summed E-state index contributed by atoms with van der Waals surface area (Å²) in [6, 6.07) is 17.5. The number of rotatable bonds is 9. The highest BCUT2D eigenvalue weighted by Gasteiger charge is 2.12. The first-order valence-electron chi connectivity index (χ1n) is 10.5. The van der Waals surface area contributed by atoms with Crippen molar-refractivity contribution in [1.29, 1.82) is 0 Å². The minimum atomic E-state index is -0.220. The molecule has 0 unspecified atom stereocenters. The number of nitrogens with one attached hydrogen (secondary N) is 2. The number of thioether (sulfide) groups is 1. The number of furan rings is 1. The van der Waals surface area contributed by atoms with Crippen molar-refractivity contribution in [2.45, 2.75) is 18.6 Å². The predicted molar refractivity (Wildman–Crippen MR) is 129 cm³/mol. The van der Waals surface area contributed by atoms with E-state index in [9.17, 15) is 14.4 Å². The molecule has 0 atom stereocenters. The number of carbonyl (C=O) groups is 3. The van der Waals surface area contributed by atoms with Crippen molar-refractivity contribution in [3.8, 4) is 5.69 Å². The Morgan fingerprint density at radius 1 is 1.03 bits per heavy atom. The zero-order chi connectivity index (χ0) is 23.9. The highest BCUT2D eigenvalue weighted by Crippen LogP contribution is 2.22. The molecule has 34 heavy (non-hydrogen) atoms. The van der Waals surface area contributed by atoms with Crippen molar-refractivity contribution < 1.29 is 18.8 Å². The zero-order valence-corrected chi connectivity index (χ0v) is 19.2. The molecular weight excluding hydrogens is 452 g/mol. The van der Waals surface area contributed by atoms with Gasteiger partial charge in [-0.15, -0.1) is 0 Å². The molecule has 0 aliphatic rings. The van der Waals surface area contributed by atoms with Crippen molar-refractivity contribution in [1.82, 2.24) is 14.9 Å². The van der Waals surface area contributed by atoms with Crippen LogP contribution in [-0.2, 0) is 11.3 Å². The minimum Gasteiger partial charge on any atom is -0.467 e. The van der Waals surface area contributed by atoms with Crippen LogP contribution in [0.15, 0.2) is 88.9 Å². The lowest BCUT2D eigenvalue weighted by atomic mass is 10.1. The lowest BCUT2D eigenvalue weighted by Crippen LogP contribution is -2.22. The molecule has 0 spiro atoms. The molecule has 0 fully saturated rings. The number of nitrogens with zero attached hydrogens (tertiary/aromatic N) is 2. The number of Topliss-reactive ketones (excluding diaryl/α,β-unsaturated/α-hetero) is 1. The number of amides is 2. The van der Waals surface area contributed by atoms with Gasteiger partial charge in [0.1, 0.15) is 5.76 Å². The van der Waals surface area contributed by atoms with E-state index in [1.165, 1.54) is 18.7 Å². The molecule has 2 heterocycles. The smallest absolute Gasteiger partial charge is 0.251 e. The topological polar surface area (TPSA) is 106 Å². The van der Waals surface area contributed by atoms with Crippen molar-refractivity contribution in [3.63, 3.8) is 0 Å². The van der Waals surface area contributed by atoms with E-state index >= 15 is 0 Å². The summed E-state index contributed by atoms with van der Waals surface area (Å²) in [5.74, 6) is 0.378. The van der Waals surface area contributed by atoms with Gasteiger partial charge in [-0.2, -0.15) is 0 Å². The molecule has 0 saturated heterocycles. The second-order valence-corrected chi connectivity index (χ2v) is 8.31. The van der Waals surface area contributed by atoms with Gasteiger partial charge in [-0.1, -0.05) is 17.8 Å². The minimum absolute atomic E-state index is 0.0284. The summed E-state index contributed by atoms with van der Waals surface area (Å²) in [7, 11) is 0. The van der Waals surface area contributed by atoms with Gasteiger partial charge in [0.2, 0.25) is 5.91 Å². The van der Waals surface area contributed by atoms with E-state index < -0.39 is 0 Å². The van der Waals surface area contributed by atoms with E-state index in [-0.39, 0.29) is 23.4 Å². The average molecular weight is 475 g/mol. The molecule has 2 N–H and O–H groups in total. The summed E-state index contributed by atoms with van der Waals surface area (Å²) < 4.78 is 7.06. The molecule has 9 heteroatoms. The Labute approximate surface area is 200 Å². The monoisotopic (exact) mass is 474 g/mol. The zero-order valence-electron chi connectivity index (χ0n) is 18.4. The van der Waals surface area contributed by atoms with Crippen LogP contribution in [0.25, 0.3) is 5.69 Å². The number of benzene rings is 2. The van der Waals surface area contributed by atoms with Crippen LogP contribution in [0.1, 0.15) is 33.4 Å². The maximum Gasteiger partial charge on any atom is 0.251 e. The molecule has 8 nitrogen and oxygen atoms in total. The summed E-state index contributed by atoms with van der Waals surface area (Å²) in [6.07, 6.45) is 4.98. The van der Waals surface area contributed by atoms with Gasteiger partial charge in [-0.05, 0) is 61.5 Å². The van der Waals surface area contributed by atoms with Gasteiger partial charge in [0.05, 0.1) is 18.6 Å². The number of carbonyl (C=O) groups excluding carboxylic acids is 3. The number of aromatic nitrogens is 2. The Bertz CT molecular complexity index is 1300. The van der Waals surface area contributed by atoms with Crippen molar-refractivity contribution in [2.24, 2.45) is 0 Å². The highest BCUT2D eigenvalue weighted by atomic mass is 32.2. The summed E-state index contributed by atoms with van der Waals surface area (Å²) >= 11 is 1.28. The first-order valence-corrected chi connectivity index (χ1v) is 11.5. The Balaban J connectivity index is 1.37. The van der Waals surface area contributed by atoms with Gasteiger partial charge in [0, 0.05) is 34.9 Å². The summed E-state index contributed by atoms with van der Waals surface area (Å²) in [6.45, 7) is 1.80. The van der Waals surface area contributed by atoms with Gasteiger partial charge in [-0.3, -0.25) is 19.0 Å². The second kappa shape index (κ2) is 10.7. The van der Waals surface area contributed by atoms with E-state index in [2.05, 4.69) is 15.6 Å². The van der Waals surface area contributed by atoms with Crippen LogP contribution in [0.4, 0.5) is 5.69 Å². The Kier molecular flexibility index (Phi) is 7.24. The molecule has 0 aliphatic heterocycles. The summed E-state index contributed by atoms with van der Waals surface area (Å²) in [4.78, 5) is 40.6. The molecule has 172 valence electrons. The molecule has 0 bridgehead atoms. The molecule has 4 aromatic rings. The molecule has 0 aliphatic carbocycles.